The van der Waals surface area contributed by atoms with E-state index in [1.807, 2.05) is 42.1 Å². The molecule has 0 spiro atoms. The van der Waals surface area contributed by atoms with E-state index < -0.39 is 12.0 Å². The molecule has 0 aliphatic rings. The molecule has 1 heterocycles. The SMILES string of the molecule is COC(=O)C(Cc1cn(C)c2ccccc12)NC(C)=O. The van der Waals surface area contributed by atoms with Crippen molar-refractivity contribution in [3.8, 4) is 0 Å². The number of hydrogen-bond donors (Lipinski definition) is 1. The van der Waals surface area contributed by atoms with Gasteiger partial charge in [-0.25, -0.2) is 4.79 Å². The van der Waals surface area contributed by atoms with E-state index in [9.17, 15) is 9.59 Å². The summed E-state index contributed by atoms with van der Waals surface area (Å²) in [6.07, 6.45) is 2.38. The number of benzene rings is 1. The van der Waals surface area contributed by atoms with Gasteiger partial charge in [-0.05, 0) is 11.6 Å². The average Bonchev–Trinajstić information content (AvgIpc) is 2.74. The molecule has 1 atom stereocenters. The Morgan fingerprint density at radius 1 is 1.35 bits per heavy atom. The molecule has 0 aliphatic carbocycles. The number of esters is 1. The van der Waals surface area contributed by atoms with Crippen LogP contribution in [0, 0.1) is 0 Å². The third kappa shape index (κ3) is 2.82. The second kappa shape index (κ2) is 5.77. The van der Waals surface area contributed by atoms with Crippen molar-refractivity contribution in [1.29, 1.82) is 0 Å². The van der Waals surface area contributed by atoms with E-state index >= 15 is 0 Å². The number of nitrogens with zero attached hydrogens (tertiary/aromatic N) is 1. The summed E-state index contributed by atoms with van der Waals surface area (Å²) in [5.41, 5.74) is 2.10. The molecule has 5 heteroatoms. The van der Waals surface area contributed by atoms with Crippen molar-refractivity contribution in [1.82, 2.24) is 9.88 Å². The highest BCUT2D eigenvalue weighted by Gasteiger charge is 2.22. The Morgan fingerprint density at radius 2 is 2.05 bits per heavy atom. The average molecular weight is 274 g/mol. The van der Waals surface area contributed by atoms with Gasteiger partial charge in [0.1, 0.15) is 6.04 Å². The number of rotatable bonds is 4. The summed E-state index contributed by atoms with van der Waals surface area (Å²) in [5, 5.41) is 3.71. The molecule has 1 unspecified atom stereocenters. The Labute approximate surface area is 117 Å². The zero-order valence-corrected chi connectivity index (χ0v) is 11.8. The van der Waals surface area contributed by atoms with Crippen LogP contribution in [0.2, 0.25) is 0 Å². The van der Waals surface area contributed by atoms with Crippen LogP contribution in [0.5, 0.6) is 0 Å². The van der Waals surface area contributed by atoms with E-state index in [0.717, 1.165) is 16.5 Å². The summed E-state index contributed by atoms with van der Waals surface area (Å²) in [5.74, 6) is -0.686. The van der Waals surface area contributed by atoms with Gasteiger partial charge in [-0.2, -0.15) is 0 Å². The molecule has 20 heavy (non-hydrogen) atoms. The molecule has 0 bridgehead atoms. The highest BCUT2D eigenvalue weighted by atomic mass is 16.5. The third-order valence-corrected chi connectivity index (χ3v) is 3.27. The Balaban J connectivity index is 2.33. The van der Waals surface area contributed by atoms with Crippen molar-refractivity contribution >= 4 is 22.8 Å². The van der Waals surface area contributed by atoms with Crippen LogP contribution in [0.1, 0.15) is 12.5 Å². The van der Waals surface area contributed by atoms with Crippen molar-refractivity contribution in [2.45, 2.75) is 19.4 Å². The summed E-state index contributed by atoms with van der Waals surface area (Å²) >= 11 is 0. The van der Waals surface area contributed by atoms with E-state index in [2.05, 4.69) is 5.32 Å². The Kier molecular flexibility index (Phi) is 4.08. The van der Waals surface area contributed by atoms with Crippen LogP contribution in [0.15, 0.2) is 30.5 Å². The predicted octanol–water partition coefficient (Wildman–Crippen LogP) is 1.40. The maximum Gasteiger partial charge on any atom is 0.328 e. The van der Waals surface area contributed by atoms with Gasteiger partial charge in [-0.15, -0.1) is 0 Å². The van der Waals surface area contributed by atoms with Crippen LogP contribution in [0.3, 0.4) is 0 Å². The maximum absolute atomic E-state index is 11.8. The normalized spacial score (nSPS) is 12.2. The molecule has 0 saturated heterocycles. The van der Waals surface area contributed by atoms with Gasteiger partial charge >= 0.3 is 5.97 Å². The first-order valence-electron chi connectivity index (χ1n) is 6.40. The highest BCUT2D eigenvalue weighted by Crippen LogP contribution is 2.21. The number of aromatic nitrogens is 1. The Bertz CT molecular complexity index is 646. The van der Waals surface area contributed by atoms with Crippen LogP contribution < -0.4 is 5.32 Å². The molecule has 1 N–H and O–H groups in total. The maximum atomic E-state index is 11.8. The number of hydrogen-bond acceptors (Lipinski definition) is 3. The minimum absolute atomic E-state index is 0.249. The molecule has 0 aliphatic heterocycles. The number of aryl methyl sites for hydroxylation is 1. The minimum Gasteiger partial charge on any atom is -0.467 e. The molecule has 1 amide bonds. The van der Waals surface area contributed by atoms with Gasteiger partial charge in [0.15, 0.2) is 0 Å². The lowest BCUT2D eigenvalue weighted by Gasteiger charge is -2.14. The number of nitrogens with one attached hydrogen (secondary N) is 1. The lowest BCUT2D eigenvalue weighted by molar-refractivity contribution is -0.144. The third-order valence-electron chi connectivity index (χ3n) is 3.27. The summed E-state index contributed by atoms with van der Waals surface area (Å²) in [4.78, 5) is 23.0. The standard InChI is InChI=1S/C15H18N2O3/c1-10(18)16-13(15(19)20-3)8-11-9-17(2)14-7-5-4-6-12(11)14/h4-7,9,13H,8H2,1-3H3,(H,16,18). The fourth-order valence-corrected chi connectivity index (χ4v) is 2.39. The van der Waals surface area contributed by atoms with Gasteiger partial charge in [-0.3, -0.25) is 4.79 Å². The lowest BCUT2D eigenvalue weighted by Crippen LogP contribution is -2.41. The number of carbonyl (C=O) groups is 2. The summed E-state index contributed by atoms with van der Waals surface area (Å²) in [6.45, 7) is 1.39. The number of carbonyl (C=O) groups excluding carboxylic acids is 2. The molecule has 1 aromatic heterocycles. The molecule has 2 aromatic rings. The van der Waals surface area contributed by atoms with Crippen LogP contribution in [-0.4, -0.2) is 29.6 Å². The second-order valence-corrected chi connectivity index (χ2v) is 4.76. The van der Waals surface area contributed by atoms with Crippen LogP contribution in [0.4, 0.5) is 0 Å². The Hall–Kier alpha value is -2.30. The molecule has 2 rings (SSSR count). The van der Waals surface area contributed by atoms with Crippen LogP contribution >= 0.6 is 0 Å². The number of fused-ring (bicyclic) bond motifs is 1. The quantitative estimate of drug-likeness (QED) is 0.857. The van der Waals surface area contributed by atoms with E-state index in [1.165, 1.54) is 14.0 Å². The van der Waals surface area contributed by atoms with Crippen molar-refractivity contribution in [3.05, 3.63) is 36.0 Å². The van der Waals surface area contributed by atoms with Gasteiger partial charge in [0.05, 0.1) is 7.11 Å². The van der Waals surface area contributed by atoms with Crippen molar-refractivity contribution < 1.29 is 14.3 Å². The first kappa shape index (κ1) is 14.1. The largest absolute Gasteiger partial charge is 0.467 e. The van der Waals surface area contributed by atoms with Gasteiger partial charge in [0.25, 0.3) is 0 Å². The number of ether oxygens (including phenoxy) is 1. The summed E-state index contributed by atoms with van der Waals surface area (Å²) in [7, 11) is 3.28. The second-order valence-electron chi connectivity index (χ2n) is 4.76. The van der Waals surface area contributed by atoms with E-state index in [-0.39, 0.29) is 5.91 Å². The monoisotopic (exact) mass is 274 g/mol. The van der Waals surface area contributed by atoms with Gasteiger partial charge in [-0.1, -0.05) is 18.2 Å². The van der Waals surface area contributed by atoms with E-state index in [4.69, 9.17) is 4.74 Å². The van der Waals surface area contributed by atoms with Crippen LogP contribution in [0.25, 0.3) is 10.9 Å². The van der Waals surface area contributed by atoms with Gasteiger partial charge < -0.3 is 14.6 Å². The highest BCUT2D eigenvalue weighted by molar-refractivity contribution is 5.87. The molecule has 0 saturated carbocycles. The van der Waals surface area contributed by atoms with Crippen molar-refractivity contribution in [3.63, 3.8) is 0 Å². The zero-order valence-electron chi connectivity index (χ0n) is 11.8. The zero-order chi connectivity index (χ0) is 14.7. The Morgan fingerprint density at radius 3 is 2.70 bits per heavy atom. The molecule has 0 radical (unpaired) electrons. The smallest absolute Gasteiger partial charge is 0.328 e. The number of methoxy groups -OCH3 is 1. The molecule has 0 fully saturated rings. The predicted molar refractivity (Wildman–Crippen MR) is 76.2 cm³/mol. The molecule has 5 nitrogen and oxygen atoms in total. The number of para-hydroxylation sites is 1. The molecule has 1 aromatic carbocycles. The van der Waals surface area contributed by atoms with Gasteiger partial charge in [0.2, 0.25) is 5.91 Å². The fraction of sp³-hybridized carbons (Fsp3) is 0.333. The van der Waals surface area contributed by atoms with Crippen molar-refractivity contribution in [2.24, 2.45) is 7.05 Å². The fourth-order valence-electron chi connectivity index (χ4n) is 2.39. The topological polar surface area (TPSA) is 60.3 Å². The van der Waals surface area contributed by atoms with E-state index in [0.29, 0.717) is 6.42 Å². The van der Waals surface area contributed by atoms with Gasteiger partial charge in [0, 0.05) is 37.5 Å². The molecule has 106 valence electrons. The molecular formula is C15H18N2O3. The van der Waals surface area contributed by atoms with E-state index in [1.54, 1.807) is 0 Å². The van der Waals surface area contributed by atoms with Crippen LogP contribution in [-0.2, 0) is 27.8 Å². The summed E-state index contributed by atoms with van der Waals surface area (Å²) < 4.78 is 6.75. The van der Waals surface area contributed by atoms with Crippen molar-refractivity contribution in [2.75, 3.05) is 7.11 Å². The number of amides is 1. The first-order valence-corrected chi connectivity index (χ1v) is 6.40. The summed E-state index contributed by atoms with van der Waals surface area (Å²) in [6, 6.07) is 7.29. The first-order chi connectivity index (χ1) is 9.52. The lowest BCUT2D eigenvalue weighted by atomic mass is 10.1. The minimum atomic E-state index is -0.664. The molecular weight excluding hydrogens is 256 g/mol.